The van der Waals surface area contributed by atoms with Gasteiger partial charge in [0.15, 0.2) is 6.10 Å². The summed E-state index contributed by atoms with van der Waals surface area (Å²) in [6, 6.07) is 0. The van der Waals surface area contributed by atoms with Gasteiger partial charge in [0.1, 0.15) is 13.2 Å². The number of carbonyl (C=O) groups excluding carboxylic acids is 3. The van der Waals surface area contributed by atoms with Crippen LogP contribution in [0.15, 0.2) is 72.9 Å². The Bertz CT molecular complexity index is 1320. The number of ether oxygens (including phenoxy) is 3. The average Bonchev–Trinajstić information content (AvgIpc) is 3.37. The Morgan fingerprint density at radius 3 is 0.887 bits per heavy atom. The molecule has 410 valence electrons. The molecule has 1 unspecified atom stereocenters. The molecule has 0 aromatic rings. The number of esters is 3. The second-order valence-corrected chi connectivity index (χ2v) is 20.2. The molecule has 0 heterocycles. The highest BCUT2D eigenvalue weighted by Gasteiger charge is 2.19. The zero-order valence-corrected chi connectivity index (χ0v) is 47.0. The molecule has 0 N–H and O–H groups in total. The molecule has 0 radical (unpaired) electrons. The highest BCUT2D eigenvalue weighted by molar-refractivity contribution is 5.71. The molecule has 0 aliphatic rings. The Morgan fingerprint density at radius 2 is 0.549 bits per heavy atom. The molecule has 0 aromatic heterocycles. The average molecular weight is 992 g/mol. The van der Waals surface area contributed by atoms with Gasteiger partial charge < -0.3 is 14.2 Å². The molecule has 0 aliphatic carbocycles. The van der Waals surface area contributed by atoms with Crippen LogP contribution < -0.4 is 0 Å². The summed E-state index contributed by atoms with van der Waals surface area (Å²) in [5, 5.41) is 0. The van der Waals surface area contributed by atoms with E-state index in [-0.39, 0.29) is 31.1 Å². The summed E-state index contributed by atoms with van der Waals surface area (Å²) in [4.78, 5) is 38.3. The Labute approximate surface area is 440 Å². The minimum Gasteiger partial charge on any atom is -0.462 e. The van der Waals surface area contributed by atoms with E-state index in [4.69, 9.17) is 14.2 Å². The van der Waals surface area contributed by atoms with Crippen LogP contribution in [0.25, 0.3) is 0 Å². The summed E-state index contributed by atoms with van der Waals surface area (Å²) in [6.45, 7) is 6.52. The maximum absolute atomic E-state index is 12.9. The molecule has 0 bridgehead atoms. The SMILES string of the molecule is CC/C=C\C/C=C\C/C=C\C/C=C\CCCCCCCCCCC(=O)OCC(COC(=O)CCCCCCC/C=C\C/C=C\CCCCC)OC(=O)CCCCCCCCCCCCCCCCCCC. The van der Waals surface area contributed by atoms with Crippen molar-refractivity contribution in [1.82, 2.24) is 0 Å². The van der Waals surface area contributed by atoms with Crippen LogP contribution in [-0.2, 0) is 28.6 Å². The molecule has 0 amide bonds. The maximum Gasteiger partial charge on any atom is 0.306 e. The molecule has 0 saturated carbocycles. The molecule has 0 aromatic carbocycles. The van der Waals surface area contributed by atoms with Crippen LogP contribution in [0.3, 0.4) is 0 Å². The predicted octanol–water partition coefficient (Wildman–Crippen LogP) is 20.5. The number of allylic oxidation sites excluding steroid dienone is 12. The van der Waals surface area contributed by atoms with Gasteiger partial charge in [0.25, 0.3) is 0 Å². The molecule has 0 saturated heterocycles. The Balaban J connectivity index is 4.38. The second-order valence-electron chi connectivity index (χ2n) is 20.2. The first-order valence-corrected chi connectivity index (χ1v) is 30.4. The van der Waals surface area contributed by atoms with E-state index in [9.17, 15) is 14.4 Å². The number of unbranched alkanes of at least 4 members (excludes halogenated alkanes) is 32. The molecule has 0 aliphatic heterocycles. The van der Waals surface area contributed by atoms with Crippen molar-refractivity contribution < 1.29 is 28.6 Å². The highest BCUT2D eigenvalue weighted by Crippen LogP contribution is 2.16. The van der Waals surface area contributed by atoms with Gasteiger partial charge in [-0.1, -0.05) is 267 Å². The van der Waals surface area contributed by atoms with Crippen molar-refractivity contribution in [2.24, 2.45) is 0 Å². The number of carbonyl (C=O) groups is 3. The molecule has 1 atom stereocenters. The van der Waals surface area contributed by atoms with Crippen molar-refractivity contribution >= 4 is 17.9 Å². The zero-order valence-electron chi connectivity index (χ0n) is 47.0. The van der Waals surface area contributed by atoms with Crippen molar-refractivity contribution in [1.29, 1.82) is 0 Å². The first-order valence-electron chi connectivity index (χ1n) is 30.4. The first kappa shape index (κ1) is 67.8. The first-order chi connectivity index (χ1) is 35.0. The molecule has 71 heavy (non-hydrogen) atoms. The topological polar surface area (TPSA) is 78.9 Å². The van der Waals surface area contributed by atoms with Gasteiger partial charge in [0.2, 0.25) is 0 Å². The maximum atomic E-state index is 12.9. The Kier molecular flexibility index (Phi) is 56.8. The quantitative estimate of drug-likeness (QED) is 0.0261. The zero-order chi connectivity index (χ0) is 51.4. The van der Waals surface area contributed by atoms with Crippen LogP contribution in [0.1, 0.15) is 303 Å². The van der Waals surface area contributed by atoms with E-state index in [1.54, 1.807) is 0 Å². The molecule has 6 nitrogen and oxygen atoms in total. The van der Waals surface area contributed by atoms with Crippen molar-refractivity contribution in [3.05, 3.63) is 72.9 Å². The van der Waals surface area contributed by atoms with Crippen LogP contribution in [0.5, 0.6) is 0 Å². The fourth-order valence-corrected chi connectivity index (χ4v) is 8.64. The minimum atomic E-state index is -0.784. The van der Waals surface area contributed by atoms with E-state index in [2.05, 4.69) is 93.7 Å². The van der Waals surface area contributed by atoms with Crippen LogP contribution in [0.4, 0.5) is 0 Å². The number of hydrogen-bond acceptors (Lipinski definition) is 6. The minimum absolute atomic E-state index is 0.0818. The van der Waals surface area contributed by atoms with Crippen molar-refractivity contribution in [2.45, 2.75) is 309 Å². The van der Waals surface area contributed by atoms with Gasteiger partial charge in [-0.15, -0.1) is 0 Å². The van der Waals surface area contributed by atoms with E-state index in [0.29, 0.717) is 19.3 Å². The lowest BCUT2D eigenvalue weighted by Gasteiger charge is -2.18. The predicted molar refractivity (Wildman–Crippen MR) is 307 cm³/mol. The summed E-state index contributed by atoms with van der Waals surface area (Å²) < 4.78 is 16.9. The van der Waals surface area contributed by atoms with Gasteiger partial charge in [-0.3, -0.25) is 14.4 Å². The highest BCUT2D eigenvalue weighted by atomic mass is 16.6. The fourth-order valence-electron chi connectivity index (χ4n) is 8.64. The molecular formula is C65H114O6. The summed E-state index contributed by atoms with van der Waals surface area (Å²) >= 11 is 0. The Morgan fingerprint density at radius 1 is 0.296 bits per heavy atom. The third-order valence-corrected chi connectivity index (χ3v) is 13.2. The summed E-state index contributed by atoms with van der Waals surface area (Å²) in [7, 11) is 0. The third kappa shape index (κ3) is 57.6. The van der Waals surface area contributed by atoms with Crippen molar-refractivity contribution in [3.63, 3.8) is 0 Å². The van der Waals surface area contributed by atoms with Gasteiger partial charge >= 0.3 is 17.9 Å². The van der Waals surface area contributed by atoms with Gasteiger partial charge in [0.05, 0.1) is 0 Å². The molecular weight excluding hydrogens is 877 g/mol. The fraction of sp³-hybridized carbons (Fsp3) is 0.769. The van der Waals surface area contributed by atoms with E-state index in [1.807, 2.05) is 0 Å². The van der Waals surface area contributed by atoms with E-state index in [1.165, 1.54) is 154 Å². The van der Waals surface area contributed by atoms with Gasteiger partial charge in [-0.25, -0.2) is 0 Å². The van der Waals surface area contributed by atoms with E-state index < -0.39 is 6.10 Å². The standard InChI is InChI=1S/C65H114O6/c1-4-7-10-13-16-19-22-25-28-30-31-32-33-35-37-40-43-46-49-52-55-58-64(67)70-61-62(60-69-63(66)57-54-51-48-45-42-39-36-27-24-21-18-15-12-9-6-3)71-65(68)59-56-53-50-47-44-41-38-34-29-26-23-20-17-14-11-8-5-2/h7,10,16,18-19,21,25,27-28,31-32,36,62H,4-6,8-9,11-15,17,20,22-24,26,29-30,33-35,37-61H2,1-3H3/b10-7-,19-16-,21-18-,28-25-,32-31-,36-27-. The van der Waals surface area contributed by atoms with Crippen molar-refractivity contribution in [2.75, 3.05) is 13.2 Å². The van der Waals surface area contributed by atoms with E-state index in [0.717, 1.165) is 109 Å². The lowest BCUT2D eigenvalue weighted by Crippen LogP contribution is -2.30. The Hall–Kier alpha value is -3.15. The summed E-state index contributed by atoms with van der Waals surface area (Å²) in [5.41, 5.74) is 0. The number of hydrogen-bond donors (Lipinski definition) is 0. The van der Waals surface area contributed by atoms with Gasteiger partial charge in [0, 0.05) is 19.3 Å². The van der Waals surface area contributed by atoms with Gasteiger partial charge in [-0.2, -0.15) is 0 Å². The smallest absolute Gasteiger partial charge is 0.306 e. The van der Waals surface area contributed by atoms with Crippen LogP contribution >= 0.6 is 0 Å². The number of rotatable bonds is 55. The molecule has 0 rings (SSSR count). The van der Waals surface area contributed by atoms with Crippen LogP contribution in [0, 0.1) is 0 Å². The third-order valence-electron chi connectivity index (χ3n) is 13.2. The lowest BCUT2D eigenvalue weighted by atomic mass is 10.0. The van der Waals surface area contributed by atoms with Gasteiger partial charge in [-0.05, 0) is 89.9 Å². The van der Waals surface area contributed by atoms with Crippen LogP contribution in [-0.4, -0.2) is 37.2 Å². The molecule has 6 heteroatoms. The largest absolute Gasteiger partial charge is 0.462 e. The second kappa shape index (κ2) is 59.4. The normalized spacial score (nSPS) is 12.5. The van der Waals surface area contributed by atoms with Crippen molar-refractivity contribution in [3.8, 4) is 0 Å². The molecule has 0 fully saturated rings. The van der Waals surface area contributed by atoms with E-state index >= 15 is 0 Å². The monoisotopic (exact) mass is 991 g/mol. The lowest BCUT2D eigenvalue weighted by molar-refractivity contribution is -0.167. The summed E-state index contributed by atoms with van der Waals surface area (Å²) in [6.07, 6.45) is 76.1. The van der Waals surface area contributed by atoms with Crippen LogP contribution in [0.2, 0.25) is 0 Å². The molecule has 0 spiro atoms. The summed E-state index contributed by atoms with van der Waals surface area (Å²) in [5.74, 6) is -0.889.